The molecule has 0 aliphatic carbocycles. The molecule has 0 saturated carbocycles. The van der Waals surface area contributed by atoms with Gasteiger partial charge in [-0.05, 0) is 55.2 Å². The van der Waals surface area contributed by atoms with Gasteiger partial charge in [0.2, 0.25) is 0 Å². The zero-order valence-electron chi connectivity index (χ0n) is 19.3. The Morgan fingerprint density at radius 1 is 1.24 bits per heavy atom. The van der Waals surface area contributed by atoms with Crippen LogP contribution in [-0.2, 0) is 9.47 Å². The number of methoxy groups -OCH3 is 2. The summed E-state index contributed by atoms with van der Waals surface area (Å²) in [5.41, 5.74) is 4.01. The summed E-state index contributed by atoms with van der Waals surface area (Å²) in [7, 11) is 3.28. The van der Waals surface area contributed by atoms with Gasteiger partial charge < -0.3 is 19.3 Å². The lowest BCUT2D eigenvalue weighted by Gasteiger charge is -2.48. The van der Waals surface area contributed by atoms with Crippen LogP contribution in [0.4, 0.5) is 10.1 Å². The fraction of sp³-hybridized carbons (Fsp3) is 0.440. The van der Waals surface area contributed by atoms with Crippen LogP contribution in [0.1, 0.15) is 40.4 Å². The Hall–Kier alpha value is -2.97. The average molecular weight is 453 g/mol. The van der Waals surface area contributed by atoms with E-state index in [4.69, 9.17) is 9.47 Å². The Bertz CT molecular complexity index is 1190. The Balaban J connectivity index is 1.43. The predicted octanol–water partition coefficient (Wildman–Crippen LogP) is 3.61. The molecule has 0 bridgehead atoms. The molecule has 1 atom stereocenters. The number of fused-ring (bicyclic) bond motifs is 1. The summed E-state index contributed by atoms with van der Waals surface area (Å²) in [5.74, 6) is -0.276. The molecule has 2 aromatic heterocycles. The molecule has 0 radical (unpaired) electrons. The predicted molar refractivity (Wildman–Crippen MR) is 123 cm³/mol. The zero-order chi connectivity index (χ0) is 23.2. The molecule has 8 heteroatoms. The van der Waals surface area contributed by atoms with Gasteiger partial charge in [-0.1, -0.05) is 6.07 Å². The van der Waals surface area contributed by atoms with E-state index < -0.39 is 5.60 Å². The van der Waals surface area contributed by atoms with E-state index in [1.807, 2.05) is 31.3 Å². The van der Waals surface area contributed by atoms with E-state index in [0.29, 0.717) is 25.3 Å². The molecule has 2 aliphatic heterocycles. The van der Waals surface area contributed by atoms with Crippen molar-refractivity contribution in [3.8, 4) is 0 Å². The Morgan fingerprint density at radius 2 is 2.06 bits per heavy atom. The summed E-state index contributed by atoms with van der Waals surface area (Å²) in [4.78, 5) is 17.3. The standard InChI is InChI=1S/C25H29FN4O3/c1-17-6-7-18(26)11-20(17)22-5-4-9-29(22)19-8-10-30-23(12-19)21(13-27-30)24(31)28-14-25(15-28,33-3)16-32-2/h6-8,10-13,22H,4-5,9,14-16H2,1-3H3. The molecule has 5 rings (SSSR count). The van der Waals surface area contributed by atoms with E-state index in [-0.39, 0.29) is 17.8 Å². The van der Waals surface area contributed by atoms with Crippen molar-refractivity contribution < 1.29 is 18.7 Å². The molecular weight excluding hydrogens is 423 g/mol. The molecule has 2 fully saturated rings. The van der Waals surface area contributed by atoms with Gasteiger partial charge in [0.1, 0.15) is 11.4 Å². The molecule has 1 unspecified atom stereocenters. The molecule has 2 saturated heterocycles. The number of aromatic nitrogens is 2. The fourth-order valence-corrected chi connectivity index (χ4v) is 5.19. The van der Waals surface area contributed by atoms with Crippen LogP contribution < -0.4 is 4.90 Å². The molecule has 1 amide bonds. The first-order chi connectivity index (χ1) is 15.9. The number of pyridine rings is 1. The topological polar surface area (TPSA) is 59.3 Å². The number of rotatable bonds is 6. The summed E-state index contributed by atoms with van der Waals surface area (Å²) in [5, 5.41) is 4.39. The van der Waals surface area contributed by atoms with E-state index in [2.05, 4.69) is 10.00 Å². The van der Waals surface area contributed by atoms with Crippen molar-refractivity contribution in [2.24, 2.45) is 0 Å². The van der Waals surface area contributed by atoms with Gasteiger partial charge in [-0.3, -0.25) is 4.79 Å². The third kappa shape index (κ3) is 3.77. The molecule has 0 N–H and O–H groups in total. The number of benzene rings is 1. The molecule has 3 aromatic rings. The molecule has 1 aromatic carbocycles. The second-order valence-corrected chi connectivity index (χ2v) is 9.11. The highest BCUT2D eigenvalue weighted by Gasteiger charge is 2.46. The Labute approximate surface area is 192 Å². The van der Waals surface area contributed by atoms with Crippen LogP contribution in [0.3, 0.4) is 0 Å². The molecule has 7 nitrogen and oxygen atoms in total. The monoisotopic (exact) mass is 452 g/mol. The van der Waals surface area contributed by atoms with Crippen LogP contribution in [0, 0.1) is 12.7 Å². The van der Waals surface area contributed by atoms with Gasteiger partial charge in [-0.2, -0.15) is 5.10 Å². The SMILES string of the molecule is COCC1(OC)CN(C(=O)c2cnn3ccc(N4CCCC4c4cc(F)ccc4C)cc23)C1. The first-order valence-corrected chi connectivity index (χ1v) is 11.3. The minimum atomic E-state index is -0.440. The molecule has 33 heavy (non-hydrogen) atoms. The highest BCUT2D eigenvalue weighted by atomic mass is 19.1. The second-order valence-electron chi connectivity index (χ2n) is 9.11. The minimum absolute atomic E-state index is 0.0649. The third-order valence-corrected chi connectivity index (χ3v) is 7.01. The van der Waals surface area contributed by atoms with E-state index in [1.54, 1.807) is 35.9 Å². The summed E-state index contributed by atoms with van der Waals surface area (Å²) in [6, 6.07) is 9.14. The minimum Gasteiger partial charge on any atom is -0.382 e. The van der Waals surface area contributed by atoms with Crippen LogP contribution in [0.15, 0.2) is 42.7 Å². The lowest BCUT2D eigenvalue weighted by atomic mass is 9.94. The van der Waals surface area contributed by atoms with Gasteiger partial charge in [-0.15, -0.1) is 0 Å². The average Bonchev–Trinajstić information content (AvgIpc) is 3.44. The van der Waals surface area contributed by atoms with Gasteiger partial charge in [0.05, 0.1) is 43.0 Å². The van der Waals surface area contributed by atoms with Crippen LogP contribution in [0.5, 0.6) is 0 Å². The smallest absolute Gasteiger partial charge is 0.257 e. The van der Waals surface area contributed by atoms with Crippen LogP contribution in [-0.4, -0.2) is 66.5 Å². The van der Waals surface area contributed by atoms with Crippen molar-refractivity contribution >= 4 is 17.1 Å². The van der Waals surface area contributed by atoms with Crippen LogP contribution in [0.25, 0.3) is 5.52 Å². The van der Waals surface area contributed by atoms with Crippen LogP contribution >= 0.6 is 0 Å². The van der Waals surface area contributed by atoms with Crippen LogP contribution in [0.2, 0.25) is 0 Å². The number of aryl methyl sites for hydroxylation is 1. The number of hydrogen-bond donors (Lipinski definition) is 0. The zero-order valence-corrected chi connectivity index (χ0v) is 19.3. The maximum Gasteiger partial charge on any atom is 0.257 e. The number of carbonyl (C=O) groups excluding carboxylic acids is 1. The number of amides is 1. The molecule has 4 heterocycles. The molecular formula is C25H29FN4O3. The maximum atomic E-state index is 14.0. The number of anilines is 1. The summed E-state index contributed by atoms with van der Waals surface area (Å²) in [6.45, 7) is 4.33. The van der Waals surface area contributed by atoms with E-state index in [9.17, 15) is 9.18 Å². The van der Waals surface area contributed by atoms with Gasteiger partial charge in [0.25, 0.3) is 5.91 Å². The van der Waals surface area contributed by atoms with E-state index in [0.717, 1.165) is 41.7 Å². The number of hydrogen-bond acceptors (Lipinski definition) is 5. The van der Waals surface area contributed by atoms with Crippen molar-refractivity contribution in [1.82, 2.24) is 14.5 Å². The third-order valence-electron chi connectivity index (χ3n) is 7.01. The van der Waals surface area contributed by atoms with Crippen molar-refractivity contribution in [1.29, 1.82) is 0 Å². The molecule has 174 valence electrons. The van der Waals surface area contributed by atoms with Gasteiger partial charge in [0, 0.05) is 32.6 Å². The highest BCUT2D eigenvalue weighted by molar-refractivity contribution is 6.01. The lowest BCUT2D eigenvalue weighted by molar-refractivity contribution is -0.140. The maximum absolute atomic E-state index is 14.0. The first kappa shape index (κ1) is 21.9. The number of ether oxygens (including phenoxy) is 2. The lowest BCUT2D eigenvalue weighted by Crippen LogP contribution is -2.66. The van der Waals surface area contributed by atoms with Crippen molar-refractivity contribution in [2.45, 2.75) is 31.4 Å². The highest BCUT2D eigenvalue weighted by Crippen LogP contribution is 2.38. The van der Waals surface area contributed by atoms with Gasteiger partial charge in [-0.25, -0.2) is 8.91 Å². The van der Waals surface area contributed by atoms with E-state index in [1.165, 1.54) is 6.07 Å². The Morgan fingerprint density at radius 3 is 2.82 bits per heavy atom. The first-order valence-electron chi connectivity index (χ1n) is 11.3. The largest absolute Gasteiger partial charge is 0.382 e. The quantitative estimate of drug-likeness (QED) is 0.572. The number of nitrogens with zero attached hydrogens (tertiary/aromatic N) is 4. The Kier molecular flexibility index (Phi) is 5.58. The van der Waals surface area contributed by atoms with Crippen molar-refractivity contribution in [3.63, 3.8) is 0 Å². The van der Waals surface area contributed by atoms with Crippen molar-refractivity contribution in [2.75, 3.05) is 45.4 Å². The molecule has 2 aliphatic rings. The fourth-order valence-electron chi connectivity index (χ4n) is 5.19. The molecule has 0 spiro atoms. The summed E-state index contributed by atoms with van der Waals surface area (Å²) in [6.07, 6.45) is 5.51. The number of carbonyl (C=O) groups is 1. The van der Waals surface area contributed by atoms with E-state index >= 15 is 0 Å². The second kappa shape index (κ2) is 8.43. The number of likely N-dealkylation sites (tertiary alicyclic amines) is 1. The normalized spacial score (nSPS) is 19.8. The van der Waals surface area contributed by atoms with Gasteiger partial charge >= 0.3 is 0 Å². The van der Waals surface area contributed by atoms with Gasteiger partial charge in [0.15, 0.2) is 0 Å². The van der Waals surface area contributed by atoms with Crippen molar-refractivity contribution in [3.05, 3.63) is 65.2 Å². The summed E-state index contributed by atoms with van der Waals surface area (Å²) >= 11 is 0. The summed E-state index contributed by atoms with van der Waals surface area (Å²) < 4.78 is 26.6. The number of halogens is 1.